The number of hydrogen-bond acceptors (Lipinski definition) is 8. The zero-order valence-corrected chi connectivity index (χ0v) is 19.3. The summed E-state index contributed by atoms with van der Waals surface area (Å²) in [5.41, 5.74) is 5.17. The first-order valence-electron chi connectivity index (χ1n) is 10.4. The fraction of sp³-hybridized carbons (Fsp3) is 0.160. The van der Waals surface area contributed by atoms with E-state index in [1.165, 1.54) is 43.7 Å². The molecule has 0 atom stereocenters. The lowest BCUT2D eigenvalue weighted by atomic mass is 10.1. The lowest BCUT2D eigenvalue weighted by molar-refractivity contribution is -0.384. The number of hydrogen-bond donors (Lipinski definition) is 1. The Balaban J connectivity index is 1.56. The van der Waals surface area contributed by atoms with Gasteiger partial charge in [-0.05, 0) is 73.0 Å². The molecule has 180 valence electrons. The van der Waals surface area contributed by atoms with Crippen molar-refractivity contribution >= 4 is 23.8 Å². The number of rotatable bonds is 9. The first kappa shape index (κ1) is 24.9. The average Bonchev–Trinajstić information content (AvgIpc) is 2.85. The van der Waals surface area contributed by atoms with Crippen LogP contribution in [0.25, 0.3) is 0 Å². The minimum Gasteiger partial charge on any atom is -0.493 e. The Labute approximate surface area is 201 Å². The highest BCUT2D eigenvalue weighted by Crippen LogP contribution is 2.28. The SMILES string of the molecule is COc1cc(/C=N/NC(=O)COc2ccc(C)c(C)c2)ccc1OC(=O)c1ccc([N+](=O)[O-])cc1. The molecule has 3 aromatic rings. The summed E-state index contributed by atoms with van der Waals surface area (Å²) < 4.78 is 16.1. The number of aryl methyl sites for hydroxylation is 2. The van der Waals surface area contributed by atoms with Crippen LogP contribution in [0.15, 0.2) is 65.8 Å². The van der Waals surface area contributed by atoms with E-state index in [2.05, 4.69) is 10.5 Å². The molecule has 1 N–H and O–H groups in total. The zero-order chi connectivity index (χ0) is 25.4. The molecule has 0 unspecified atom stereocenters. The van der Waals surface area contributed by atoms with Gasteiger partial charge in [-0.25, -0.2) is 10.2 Å². The second kappa shape index (κ2) is 11.4. The summed E-state index contributed by atoms with van der Waals surface area (Å²) in [6.07, 6.45) is 1.40. The van der Waals surface area contributed by atoms with Crippen molar-refractivity contribution in [3.8, 4) is 17.2 Å². The van der Waals surface area contributed by atoms with E-state index in [0.717, 1.165) is 11.1 Å². The van der Waals surface area contributed by atoms with Gasteiger partial charge in [0, 0.05) is 12.1 Å². The van der Waals surface area contributed by atoms with Crippen molar-refractivity contribution in [3.63, 3.8) is 0 Å². The Kier molecular flexibility index (Phi) is 8.12. The van der Waals surface area contributed by atoms with Gasteiger partial charge in [0.25, 0.3) is 11.6 Å². The molecular weight excluding hydrogens is 454 g/mol. The number of nitro groups is 1. The van der Waals surface area contributed by atoms with E-state index in [4.69, 9.17) is 14.2 Å². The monoisotopic (exact) mass is 477 g/mol. The lowest BCUT2D eigenvalue weighted by Gasteiger charge is -2.10. The van der Waals surface area contributed by atoms with Crippen LogP contribution < -0.4 is 19.6 Å². The van der Waals surface area contributed by atoms with Gasteiger partial charge >= 0.3 is 5.97 Å². The van der Waals surface area contributed by atoms with Gasteiger partial charge in [0.15, 0.2) is 18.1 Å². The minimum atomic E-state index is -0.698. The smallest absolute Gasteiger partial charge is 0.343 e. The molecule has 0 aliphatic carbocycles. The Bertz CT molecular complexity index is 1270. The number of nitro benzene ring substituents is 1. The second-order valence-electron chi connectivity index (χ2n) is 7.43. The molecule has 0 saturated heterocycles. The van der Waals surface area contributed by atoms with Crippen LogP contribution in [0.2, 0.25) is 0 Å². The number of hydrazone groups is 1. The predicted octanol–water partition coefficient (Wildman–Crippen LogP) is 3.97. The molecule has 10 nitrogen and oxygen atoms in total. The van der Waals surface area contributed by atoms with Gasteiger partial charge < -0.3 is 14.2 Å². The fourth-order valence-corrected chi connectivity index (χ4v) is 2.89. The third-order valence-electron chi connectivity index (χ3n) is 4.96. The number of amides is 1. The van der Waals surface area contributed by atoms with Crippen molar-refractivity contribution in [3.05, 3.63) is 93.0 Å². The molecule has 35 heavy (non-hydrogen) atoms. The van der Waals surface area contributed by atoms with Crippen molar-refractivity contribution in [2.45, 2.75) is 13.8 Å². The molecule has 0 aliphatic rings. The normalized spacial score (nSPS) is 10.6. The van der Waals surface area contributed by atoms with Gasteiger partial charge in [0.2, 0.25) is 0 Å². The van der Waals surface area contributed by atoms with Crippen LogP contribution >= 0.6 is 0 Å². The third kappa shape index (κ3) is 6.87. The molecule has 0 fully saturated rings. The van der Waals surface area contributed by atoms with Crippen LogP contribution in [0, 0.1) is 24.0 Å². The van der Waals surface area contributed by atoms with E-state index in [-0.39, 0.29) is 29.4 Å². The molecule has 0 heterocycles. The quantitative estimate of drug-likeness (QED) is 0.162. The largest absolute Gasteiger partial charge is 0.493 e. The Hall–Kier alpha value is -4.73. The molecule has 0 aliphatic heterocycles. The molecule has 0 bridgehead atoms. The molecular formula is C25H23N3O7. The molecule has 0 spiro atoms. The van der Waals surface area contributed by atoms with Crippen molar-refractivity contribution < 1.29 is 28.7 Å². The number of non-ortho nitro benzene ring substituents is 1. The van der Waals surface area contributed by atoms with Crippen LogP contribution in [0.5, 0.6) is 17.2 Å². The molecule has 1 amide bonds. The molecule has 0 radical (unpaired) electrons. The van der Waals surface area contributed by atoms with Crippen LogP contribution in [0.3, 0.4) is 0 Å². The highest BCUT2D eigenvalue weighted by molar-refractivity contribution is 5.92. The van der Waals surface area contributed by atoms with Gasteiger partial charge in [0.05, 0.1) is 23.8 Å². The maximum atomic E-state index is 12.4. The summed E-state index contributed by atoms with van der Waals surface area (Å²) in [5.74, 6) is -0.126. The second-order valence-corrected chi connectivity index (χ2v) is 7.43. The van der Waals surface area contributed by atoms with Crippen molar-refractivity contribution in [2.75, 3.05) is 13.7 Å². The highest BCUT2D eigenvalue weighted by Gasteiger charge is 2.14. The summed E-state index contributed by atoms with van der Waals surface area (Å²) in [6, 6.07) is 15.3. The molecule has 3 rings (SSSR count). The molecule has 10 heteroatoms. The zero-order valence-electron chi connectivity index (χ0n) is 19.3. The Morgan fingerprint density at radius 3 is 2.40 bits per heavy atom. The Morgan fingerprint density at radius 2 is 1.74 bits per heavy atom. The number of methoxy groups -OCH3 is 1. The van der Waals surface area contributed by atoms with E-state index in [1.807, 2.05) is 26.0 Å². The number of carbonyl (C=O) groups excluding carboxylic acids is 2. The summed E-state index contributed by atoms with van der Waals surface area (Å²) >= 11 is 0. The topological polar surface area (TPSA) is 129 Å². The van der Waals surface area contributed by atoms with Gasteiger partial charge in [-0.2, -0.15) is 5.10 Å². The summed E-state index contributed by atoms with van der Waals surface area (Å²) in [4.78, 5) is 34.5. The van der Waals surface area contributed by atoms with Gasteiger partial charge in [-0.1, -0.05) is 6.07 Å². The average molecular weight is 477 g/mol. The van der Waals surface area contributed by atoms with Crippen molar-refractivity contribution in [2.24, 2.45) is 5.10 Å². The van der Waals surface area contributed by atoms with Crippen LogP contribution in [-0.2, 0) is 4.79 Å². The summed E-state index contributed by atoms with van der Waals surface area (Å²) in [6.45, 7) is 3.76. The maximum absolute atomic E-state index is 12.4. The molecule has 0 saturated carbocycles. The summed E-state index contributed by atoms with van der Waals surface area (Å²) in [5, 5.41) is 14.6. The number of benzene rings is 3. The van der Waals surface area contributed by atoms with Crippen LogP contribution in [-0.4, -0.2) is 36.7 Å². The van der Waals surface area contributed by atoms with Crippen LogP contribution in [0.1, 0.15) is 27.0 Å². The number of ether oxygens (including phenoxy) is 3. The van der Waals surface area contributed by atoms with E-state index in [9.17, 15) is 19.7 Å². The summed E-state index contributed by atoms with van der Waals surface area (Å²) in [7, 11) is 1.41. The van der Waals surface area contributed by atoms with Gasteiger partial charge in [-0.15, -0.1) is 0 Å². The Morgan fingerprint density at radius 1 is 1.00 bits per heavy atom. The maximum Gasteiger partial charge on any atom is 0.343 e. The third-order valence-corrected chi connectivity index (χ3v) is 4.96. The van der Waals surface area contributed by atoms with E-state index < -0.39 is 16.8 Å². The highest BCUT2D eigenvalue weighted by atomic mass is 16.6. The van der Waals surface area contributed by atoms with E-state index in [0.29, 0.717) is 11.3 Å². The van der Waals surface area contributed by atoms with Crippen molar-refractivity contribution in [1.82, 2.24) is 5.43 Å². The number of nitrogens with one attached hydrogen (secondary N) is 1. The first-order chi connectivity index (χ1) is 16.8. The number of nitrogens with zero attached hydrogens (tertiary/aromatic N) is 2. The van der Waals surface area contributed by atoms with E-state index >= 15 is 0 Å². The molecule has 3 aromatic carbocycles. The number of esters is 1. The predicted molar refractivity (Wildman–Crippen MR) is 128 cm³/mol. The van der Waals surface area contributed by atoms with Gasteiger partial charge in [-0.3, -0.25) is 14.9 Å². The van der Waals surface area contributed by atoms with Crippen molar-refractivity contribution in [1.29, 1.82) is 0 Å². The van der Waals surface area contributed by atoms with E-state index in [1.54, 1.807) is 18.2 Å². The fourth-order valence-electron chi connectivity index (χ4n) is 2.89. The lowest BCUT2D eigenvalue weighted by Crippen LogP contribution is -2.24. The molecule has 0 aromatic heterocycles. The van der Waals surface area contributed by atoms with Crippen LogP contribution in [0.4, 0.5) is 5.69 Å². The van der Waals surface area contributed by atoms with Gasteiger partial charge in [0.1, 0.15) is 5.75 Å². The standard InChI is InChI=1S/C25H23N3O7/c1-16-4-10-21(12-17(16)2)34-15-24(29)27-26-14-18-5-11-22(23(13-18)33-3)35-25(30)19-6-8-20(9-7-19)28(31)32/h4-14H,15H2,1-3H3,(H,27,29)/b26-14+. The number of carbonyl (C=O) groups is 2. The minimum absolute atomic E-state index is 0.133. The first-order valence-corrected chi connectivity index (χ1v) is 10.4.